The summed E-state index contributed by atoms with van der Waals surface area (Å²) in [5.74, 6) is 1.55. The van der Waals surface area contributed by atoms with E-state index < -0.39 is 32.3 Å². The van der Waals surface area contributed by atoms with E-state index >= 15 is 0 Å². The predicted octanol–water partition coefficient (Wildman–Crippen LogP) is 2.81. The Labute approximate surface area is 206 Å². The molecule has 3 rings (SSSR count). The molecule has 0 aromatic heterocycles. The van der Waals surface area contributed by atoms with Crippen LogP contribution in [0.3, 0.4) is 0 Å². The maximum absolute atomic E-state index is 11.8. The first kappa shape index (κ1) is 27.1. The number of methoxy groups -OCH3 is 3. The van der Waals surface area contributed by atoms with Gasteiger partial charge in [-0.05, 0) is 42.2 Å². The van der Waals surface area contributed by atoms with Crippen molar-refractivity contribution in [2.45, 2.75) is 24.9 Å². The zero-order chi connectivity index (χ0) is 25.8. The van der Waals surface area contributed by atoms with Gasteiger partial charge >= 0.3 is 0 Å². The largest absolute Gasteiger partial charge is 0.493 e. The van der Waals surface area contributed by atoms with Crippen LogP contribution in [0.15, 0.2) is 30.3 Å². The van der Waals surface area contributed by atoms with Crippen LogP contribution < -0.4 is 18.9 Å². The molecule has 0 N–H and O–H groups in total. The molecular formula is C23H30O10S2. The second kappa shape index (κ2) is 11.0. The quantitative estimate of drug-likeness (QED) is 0.299. The number of hydrogen-bond donors (Lipinski definition) is 0. The van der Waals surface area contributed by atoms with E-state index in [1.165, 1.54) is 21.3 Å². The fourth-order valence-electron chi connectivity index (χ4n) is 3.94. The van der Waals surface area contributed by atoms with Gasteiger partial charge in [-0.2, -0.15) is 16.8 Å². The molecule has 0 amide bonds. The Bertz CT molecular complexity index is 1260. The Balaban J connectivity index is 1.97. The molecule has 2 atom stereocenters. The van der Waals surface area contributed by atoms with E-state index in [0.717, 1.165) is 29.2 Å². The van der Waals surface area contributed by atoms with Gasteiger partial charge in [-0.1, -0.05) is 12.1 Å². The molecule has 0 bridgehead atoms. The summed E-state index contributed by atoms with van der Waals surface area (Å²) in [5, 5.41) is 0. The Kier molecular flexibility index (Phi) is 8.52. The van der Waals surface area contributed by atoms with E-state index in [0.29, 0.717) is 35.8 Å². The molecule has 0 radical (unpaired) electrons. The van der Waals surface area contributed by atoms with E-state index in [1.807, 2.05) is 18.2 Å². The van der Waals surface area contributed by atoms with E-state index in [-0.39, 0.29) is 13.2 Å². The Morgan fingerprint density at radius 3 is 2.09 bits per heavy atom. The van der Waals surface area contributed by atoms with Gasteiger partial charge in [-0.3, -0.25) is 8.37 Å². The molecule has 1 aliphatic rings. The van der Waals surface area contributed by atoms with Gasteiger partial charge < -0.3 is 18.9 Å². The second-order valence-corrected chi connectivity index (χ2v) is 11.4. The van der Waals surface area contributed by atoms with Crippen LogP contribution in [0.5, 0.6) is 23.0 Å². The fraction of sp³-hybridized carbons (Fsp3) is 0.478. The minimum atomic E-state index is -3.71. The van der Waals surface area contributed by atoms with Gasteiger partial charge in [0.05, 0.1) is 53.0 Å². The SMILES string of the molecule is COc1ccc(C2Oc3c(OC)cc(CCCOS(C)(=O)=O)cc3C2COS(C)(=O)=O)cc1OC. The number of benzene rings is 2. The zero-order valence-electron chi connectivity index (χ0n) is 20.3. The molecule has 10 nitrogen and oxygen atoms in total. The first-order valence-electron chi connectivity index (χ1n) is 10.7. The standard InChI is InChI=1S/C23H30O10S2/c1-28-19-9-8-16(13-20(19)29-2)22-18(14-32-35(5,26)27)17-11-15(7-6-10-31-34(4,24)25)12-21(30-3)23(17)33-22/h8-9,11-13,18,22H,6-7,10,14H2,1-5H3. The highest BCUT2D eigenvalue weighted by Crippen LogP contribution is 2.52. The number of ether oxygens (including phenoxy) is 4. The summed E-state index contributed by atoms with van der Waals surface area (Å²) in [5.41, 5.74) is 2.33. The highest BCUT2D eigenvalue weighted by atomic mass is 32.2. The minimum absolute atomic E-state index is 0.0453. The van der Waals surface area contributed by atoms with Crippen molar-refractivity contribution in [1.29, 1.82) is 0 Å². The van der Waals surface area contributed by atoms with E-state index in [1.54, 1.807) is 12.1 Å². The molecule has 0 fully saturated rings. The summed E-state index contributed by atoms with van der Waals surface area (Å²) in [7, 11) is -2.64. The Morgan fingerprint density at radius 1 is 0.829 bits per heavy atom. The summed E-state index contributed by atoms with van der Waals surface area (Å²) in [4.78, 5) is 0. The van der Waals surface area contributed by atoms with Crippen LogP contribution in [-0.4, -0.2) is 63.9 Å². The topological polar surface area (TPSA) is 124 Å². The summed E-state index contributed by atoms with van der Waals surface area (Å²) >= 11 is 0. The Hall–Kier alpha value is -2.54. The van der Waals surface area contributed by atoms with Gasteiger partial charge in [0.15, 0.2) is 23.0 Å². The van der Waals surface area contributed by atoms with Gasteiger partial charge in [0.2, 0.25) is 0 Å². The predicted molar refractivity (Wildman–Crippen MR) is 129 cm³/mol. The molecule has 0 spiro atoms. The number of rotatable bonds is 12. The third kappa shape index (κ3) is 7.00. The van der Waals surface area contributed by atoms with E-state index in [2.05, 4.69) is 0 Å². The normalized spacial score (nSPS) is 17.5. The van der Waals surface area contributed by atoms with Gasteiger partial charge in [0.1, 0.15) is 6.10 Å². The molecule has 0 saturated heterocycles. The summed E-state index contributed by atoms with van der Waals surface area (Å²) < 4.78 is 78.6. The highest BCUT2D eigenvalue weighted by Gasteiger charge is 2.39. The van der Waals surface area contributed by atoms with Crippen molar-refractivity contribution >= 4 is 20.2 Å². The van der Waals surface area contributed by atoms with Crippen molar-refractivity contribution in [3.05, 3.63) is 47.0 Å². The fourth-order valence-corrected chi connectivity index (χ4v) is 4.76. The molecule has 0 aliphatic carbocycles. The second-order valence-electron chi connectivity index (χ2n) is 8.09. The number of aryl methyl sites for hydroxylation is 1. The van der Waals surface area contributed by atoms with Crippen LogP contribution in [-0.2, 0) is 35.0 Å². The molecule has 194 valence electrons. The van der Waals surface area contributed by atoms with Crippen LogP contribution in [0.25, 0.3) is 0 Å². The molecule has 2 unspecified atom stereocenters. The maximum Gasteiger partial charge on any atom is 0.264 e. The molecule has 2 aromatic carbocycles. The monoisotopic (exact) mass is 530 g/mol. The third-order valence-electron chi connectivity index (χ3n) is 5.48. The van der Waals surface area contributed by atoms with E-state index in [4.69, 9.17) is 27.3 Å². The lowest BCUT2D eigenvalue weighted by Gasteiger charge is -2.20. The Morgan fingerprint density at radius 2 is 1.49 bits per heavy atom. The lowest BCUT2D eigenvalue weighted by molar-refractivity contribution is 0.168. The molecule has 1 heterocycles. The van der Waals surface area contributed by atoms with Crippen LogP contribution >= 0.6 is 0 Å². The molecule has 1 aliphatic heterocycles. The van der Waals surface area contributed by atoms with Gasteiger partial charge in [0, 0.05) is 5.56 Å². The minimum Gasteiger partial charge on any atom is -0.493 e. The summed E-state index contributed by atoms with van der Waals surface area (Å²) in [6.07, 6.45) is 2.39. The maximum atomic E-state index is 11.8. The van der Waals surface area contributed by atoms with Crippen molar-refractivity contribution in [1.82, 2.24) is 0 Å². The molecule has 35 heavy (non-hydrogen) atoms. The summed E-state index contributed by atoms with van der Waals surface area (Å²) in [6.45, 7) is -0.0989. The highest BCUT2D eigenvalue weighted by molar-refractivity contribution is 7.86. The van der Waals surface area contributed by atoms with Crippen molar-refractivity contribution in [2.24, 2.45) is 0 Å². The summed E-state index contributed by atoms with van der Waals surface area (Å²) in [6, 6.07) is 9.06. The van der Waals surface area contributed by atoms with E-state index in [9.17, 15) is 16.8 Å². The molecular weight excluding hydrogens is 500 g/mol. The van der Waals surface area contributed by atoms with Crippen LogP contribution in [0.1, 0.15) is 35.1 Å². The lowest BCUT2D eigenvalue weighted by atomic mass is 9.90. The first-order chi connectivity index (χ1) is 16.5. The van der Waals surface area contributed by atoms with Crippen molar-refractivity contribution < 1.29 is 44.1 Å². The van der Waals surface area contributed by atoms with Gasteiger partial charge in [-0.25, -0.2) is 0 Å². The van der Waals surface area contributed by atoms with Crippen molar-refractivity contribution in [3.63, 3.8) is 0 Å². The number of hydrogen-bond acceptors (Lipinski definition) is 10. The van der Waals surface area contributed by atoms with Crippen molar-refractivity contribution in [2.75, 3.05) is 47.1 Å². The smallest absolute Gasteiger partial charge is 0.264 e. The van der Waals surface area contributed by atoms with Crippen molar-refractivity contribution in [3.8, 4) is 23.0 Å². The number of fused-ring (bicyclic) bond motifs is 1. The first-order valence-corrected chi connectivity index (χ1v) is 14.4. The lowest BCUT2D eigenvalue weighted by Crippen LogP contribution is -2.18. The van der Waals surface area contributed by atoms with Gasteiger partial charge in [0.25, 0.3) is 20.2 Å². The molecule has 0 saturated carbocycles. The average molecular weight is 531 g/mol. The molecule has 2 aromatic rings. The van der Waals surface area contributed by atoms with Crippen LogP contribution in [0.2, 0.25) is 0 Å². The van der Waals surface area contributed by atoms with Gasteiger partial charge in [-0.15, -0.1) is 0 Å². The third-order valence-corrected chi connectivity index (χ3v) is 6.64. The average Bonchev–Trinajstić information content (AvgIpc) is 3.16. The van der Waals surface area contributed by atoms with Crippen LogP contribution in [0, 0.1) is 0 Å². The molecule has 12 heteroatoms. The zero-order valence-corrected chi connectivity index (χ0v) is 21.9. The van der Waals surface area contributed by atoms with Crippen LogP contribution in [0.4, 0.5) is 0 Å².